The summed E-state index contributed by atoms with van der Waals surface area (Å²) in [7, 11) is 0. The van der Waals surface area contributed by atoms with Crippen LogP contribution in [-0.2, 0) is 17.8 Å². The number of benzene rings is 2. The highest BCUT2D eigenvalue weighted by Gasteiger charge is 2.13. The molecule has 0 saturated heterocycles. The first-order chi connectivity index (χ1) is 16.7. The predicted octanol–water partition coefficient (Wildman–Crippen LogP) is 4.98. The fourth-order valence-corrected chi connectivity index (χ4v) is 3.61. The summed E-state index contributed by atoms with van der Waals surface area (Å²) in [4.78, 5) is 23.8. The molecule has 0 bridgehead atoms. The van der Waals surface area contributed by atoms with E-state index in [1.165, 1.54) is 11.6 Å². The van der Waals surface area contributed by atoms with Crippen LogP contribution in [0.5, 0.6) is 11.6 Å². The lowest BCUT2D eigenvalue weighted by molar-refractivity contribution is -0.111. The molecule has 5 rings (SSSR count). The Morgan fingerprint density at radius 1 is 1.15 bits per heavy atom. The van der Waals surface area contributed by atoms with Gasteiger partial charge in [-0.3, -0.25) is 9.48 Å². The minimum absolute atomic E-state index is 0.292. The van der Waals surface area contributed by atoms with Gasteiger partial charge in [0.15, 0.2) is 5.65 Å². The number of rotatable bonds is 8. The van der Waals surface area contributed by atoms with Gasteiger partial charge in [-0.2, -0.15) is 5.10 Å². The highest BCUT2D eigenvalue weighted by Crippen LogP contribution is 2.29. The first kappa shape index (κ1) is 21.1. The monoisotopic (exact) mass is 450 g/mol. The third kappa shape index (κ3) is 4.71. The van der Waals surface area contributed by atoms with Crippen LogP contribution in [0.15, 0.2) is 92.0 Å². The highest BCUT2D eigenvalue weighted by molar-refractivity contribution is 5.99. The smallest absolute Gasteiger partial charge is 0.247 e. The van der Waals surface area contributed by atoms with E-state index in [0.29, 0.717) is 28.5 Å². The molecule has 0 saturated carbocycles. The van der Waals surface area contributed by atoms with Crippen molar-refractivity contribution >= 4 is 22.8 Å². The summed E-state index contributed by atoms with van der Waals surface area (Å²) in [6.45, 7) is 4.24. The van der Waals surface area contributed by atoms with E-state index in [-0.39, 0.29) is 5.91 Å². The molecule has 0 spiro atoms. The van der Waals surface area contributed by atoms with Crippen LogP contribution in [0.3, 0.4) is 0 Å². The van der Waals surface area contributed by atoms with E-state index in [1.807, 2.05) is 41.5 Å². The van der Waals surface area contributed by atoms with Crippen molar-refractivity contribution in [2.45, 2.75) is 13.0 Å². The van der Waals surface area contributed by atoms with Crippen molar-refractivity contribution < 1.29 is 9.53 Å². The number of nitrogens with one attached hydrogen (secondary N) is 2. The molecule has 2 N–H and O–H groups in total. The van der Waals surface area contributed by atoms with Crippen molar-refractivity contribution in [3.63, 3.8) is 0 Å². The van der Waals surface area contributed by atoms with Gasteiger partial charge in [-0.25, -0.2) is 9.97 Å². The summed E-state index contributed by atoms with van der Waals surface area (Å²) in [5.74, 6) is 0.581. The van der Waals surface area contributed by atoms with E-state index in [9.17, 15) is 4.79 Å². The van der Waals surface area contributed by atoms with Crippen molar-refractivity contribution in [3.05, 3.63) is 97.6 Å². The molecule has 3 aromatic heterocycles. The molecule has 1 amide bonds. The number of ether oxygens (including phenoxy) is 1. The third-order valence-corrected chi connectivity index (χ3v) is 5.28. The van der Waals surface area contributed by atoms with Crippen LogP contribution in [0, 0.1) is 0 Å². The summed E-state index contributed by atoms with van der Waals surface area (Å²) in [5.41, 5.74) is 5.06. The van der Waals surface area contributed by atoms with Crippen molar-refractivity contribution in [1.82, 2.24) is 24.7 Å². The predicted molar refractivity (Wildman–Crippen MR) is 131 cm³/mol. The Balaban J connectivity index is 1.35. The van der Waals surface area contributed by atoms with Gasteiger partial charge >= 0.3 is 0 Å². The molecule has 0 aliphatic carbocycles. The normalized spacial score (nSPS) is 10.8. The average molecular weight is 451 g/mol. The maximum absolute atomic E-state index is 11.6. The number of nitrogens with zero attached hydrogens (tertiary/aromatic N) is 4. The van der Waals surface area contributed by atoms with Crippen LogP contribution in [-0.4, -0.2) is 30.6 Å². The number of aromatic amines is 1. The molecule has 8 nitrogen and oxygen atoms in total. The van der Waals surface area contributed by atoms with Gasteiger partial charge in [-0.05, 0) is 30.2 Å². The Labute approximate surface area is 196 Å². The van der Waals surface area contributed by atoms with E-state index < -0.39 is 0 Å². The largest absolute Gasteiger partial charge is 0.437 e. The summed E-state index contributed by atoms with van der Waals surface area (Å²) in [6.07, 6.45) is 9.38. The number of carbonyl (C=O) groups is 1. The molecule has 8 heteroatoms. The summed E-state index contributed by atoms with van der Waals surface area (Å²) >= 11 is 0. The molecule has 0 fully saturated rings. The lowest BCUT2D eigenvalue weighted by Crippen LogP contribution is -2.07. The molecule has 3 heterocycles. The van der Waals surface area contributed by atoms with Crippen LogP contribution in [0.25, 0.3) is 22.3 Å². The van der Waals surface area contributed by atoms with Gasteiger partial charge < -0.3 is 15.0 Å². The molecular weight excluding hydrogens is 428 g/mol. The van der Waals surface area contributed by atoms with Gasteiger partial charge in [0.05, 0.1) is 12.4 Å². The van der Waals surface area contributed by atoms with Crippen LogP contribution in [0.2, 0.25) is 0 Å². The summed E-state index contributed by atoms with van der Waals surface area (Å²) in [5, 5.41) is 7.22. The Bertz CT molecular complexity index is 1450. The van der Waals surface area contributed by atoms with Gasteiger partial charge in [-0.15, -0.1) is 0 Å². The van der Waals surface area contributed by atoms with Crippen molar-refractivity contribution in [2.24, 2.45) is 0 Å². The Hall–Kier alpha value is -4.72. The molecule has 2 aromatic carbocycles. The molecule has 34 heavy (non-hydrogen) atoms. The SMILES string of the molecule is C=CC(=O)Nc1cccc(Oc2cnc3[nH]cc(-c4cnn(CCc5ccccc5)c4)c3n2)c1. The lowest BCUT2D eigenvalue weighted by Gasteiger charge is -2.07. The standard InChI is InChI=1S/C26H22N6O2/c1-2-23(33)30-20-9-6-10-21(13-20)34-24-16-28-26-25(31-24)22(15-27-26)19-14-29-32(17-19)12-11-18-7-4-3-5-8-18/h2-10,13-17H,1,11-12H2,(H,27,28)(H,30,33). The number of aromatic nitrogens is 5. The molecular formula is C26H22N6O2. The zero-order valence-corrected chi connectivity index (χ0v) is 18.3. The zero-order chi connectivity index (χ0) is 23.3. The molecule has 0 radical (unpaired) electrons. The Kier molecular flexibility index (Phi) is 5.85. The fraction of sp³-hybridized carbons (Fsp3) is 0.0769. The number of fused-ring (bicyclic) bond motifs is 1. The minimum Gasteiger partial charge on any atom is -0.437 e. The average Bonchev–Trinajstić information content (AvgIpc) is 3.50. The number of amides is 1. The second-order valence-corrected chi connectivity index (χ2v) is 7.66. The van der Waals surface area contributed by atoms with Crippen molar-refractivity contribution in [2.75, 3.05) is 5.32 Å². The van der Waals surface area contributed by atoms with Gasteiger partial charge in [0.2, 0.25) is 11.8 Å². The Morgan fingerprint density at radius 3 is 2.88 bits per heavy atom. The van der Waals surface area contributed by atoms with Gasteiger partial charge in [-0.1, -0.05) is 43.0 Å². The van der Waals surface area contributed by atoms with Crippen LogP contribution in [0.1, 0.15) is 5.56 Å². The summed E-state index contributed by atoms with van der Waals surface area (Å²) < 4.78 is 7.84. The zero-order valence-electron chi connectivity index (χ0n) is 18.3. The maximum Gasteiger partial charge on any atom is 0.247 e. The second-order valence-electron chi connectivity index (χ2n) is 7.66. The van der Waals surface area contributed by atoms with Crippen LogP contribution >= 0.6 is 0 Å². The maximum atomic E-state index is 11.6. The minimum atomic E-state index is -0.292. The van der Waals surface area contributed by atoms with Crippen molar-refractivity contribution in [3.8, 4) is 22.8 Å². The molecule has 0 aliphatic rings. The molecule has 0 aliphatic heterocycles. The first-order valence-electron chi connectivity index (χ1n) is 10.8. The molecule has 168 valence electrons. The lowest BCUT2D eigenvalue weighted by atomic mass is 10.1. The highest BCUT2D eigenvalue weighted by atomic mass is 16.5. The number of hydrogen-bond donors (Lipinski definition) is 2. The number of hydrogen-bond acceptors (Lipinski definition) is 5. The van der Waals surface area contributed by atoms with Crippen LogP contribution < -0.4 is 10.1 Å². The Morgan fingerprint density at radius 2 is 2.03 bits per heavy atom. The number of anilines is 1. The number of carbonyl (C=O) groups excluding carboxylic acids is 1. The quantitative estimate of drug-likeness (QED) is 0.325. The second kappa shape index (κ2) is 9.41. The topological polar surface area (TPSA) is 97.7 Å². The van der Waals surface area contributed by atoms with Gasteiger partial charge in [0, 0.05) is 41.8 Å². The third-order valence-electron chi connectivity index (χ3n) is 5.28. The number of H-pyrrole nitrogens is 1. The molecule has 0 atom stereocenters. The van der Waals surface area contributed by atoms with E-state index >= 15 is 0 Å². The number of aryl methyl sites for hydroxylation is 2. The van der Waals surface area contributed by atoms with Crippen molar-refractivity contribution in [1.29, 1.82) is 0 Å². The summed E-state index contributed by atoms with van der Waals surface area (Å²) in [6, 6.07) is 17.4. The first-order valence-corrected chi connectivity index (χ1v) is 10.8. The van der Waals surface area contributed by atoms with E-state index in [4.69, 9.17) is 4.74 Å². The van der Waals surface area contributed by atoms with Crippen LogP contribution in [0.4, 0.5) is 5.69 Å². The molecule has 0 unspecified atom stereocenters. The van der Waals surface area contributed by atoms with E-state index in [2.05, 4.69) is 44.1 Å². The van der Waals surface area contributed by atoms with Gasteiger partial charge in [0.1, 0.15) is 11.3 Å². The van der Waals surface area contributed by atoms with E-state index in [1.54, 1.807) is 30.5 Å². The van der Waals surface area contributed by atoms with E-state index in [0.717, 1.165) is 24.1 Å². The fourth-order valence-electron chi connectivity index (χ4n) is 3.61. The molecule has 5 aromatic rings. The van der Waals surface area contributed by atoms with Gasteiger partial charge in [0.25, 0.3) is 0 Å².